The molecule has 1 aliphatic carbocycles. The van der Waals surface area contributed by atoms with Crippen LogP contribution in [0.15, 0.2) is 47.4 Å². The number of nitrogens with two attached hydrogens (primary N) is 1. The van der Waals surface area contributed by atoms with Gasteiger partial charge in [-0.15, -0.1) is 0 Å². The maximum atomic E-state index is 12.6. The molecule has 1 heterocycles. The summed E-state index contributed by atoms with van der Waals surface area (Å²) in [4.78, 5) is 17.3. The number of nitrogens with zero attached hydrogens (tertiary/aromatic N) is 2. The minimum atomic E-state index is -0.183. The lowest BCUT2D eigenvalue weighted by atomic mass is 10.0. The summed E-state index contributed by atoms with van der Waals surface area (Å²) >= 11 is 0. The van der Waals surface area contributed by atoms with Crippen molar-refractivity contribution in [1.82, 2.24) is 14.9 Å². The molecule has 0 atom stereocenters. The maximum Gasteiger partial charge on any atom is 0.293 e. The van der Waals surface area contributed by atoms with Crippen LogP contribution in [-0.2, 0) is 13.6 Å². The average molecular weight is 390 g/mol. The van der Waals surface area contributed by atoms with Crippen molar-refractivity contribution in [2.24, 2.45) is 7.05 Å². The fourth-order valence-corrected chi connectivity index (χ4v) is 3.36. The van der Waals surface area contributed by atoms with E-state index in [4.69, 9.17) is 5.73 Å². The van der Waals surface area contributed by atoms with Crippen LogP contribution >= 0.6 is 0 Å². The number of aryl methyl sites for hydroxylation is 2. The largest absolute Gasteiger partial charge is 0.398 e. The summed E-state index contributed by atoms with van der Waals surface area (Å²) in [5.41, 5.74) is 12.7. The summed E-state index contributed by atoms with van der Waals surface area (Å²) in [5.74, 6) is 0.286. The lowest BCUT2D eigenvalue weighted by molar-refractivity contribution is 0.689. The van der Waals surface area contributed by atoms with Gasteiger partial charge in [0.2, 0.25) is 0 Å². The van der Waals surface area contributed by atoms with Crippen molar-refractivity contribution >= 4 is 17.2 Å². The Hall–Kier alpha value is -3.12. The Morgan fingerprint density at radius 3 is 2.72 bits per heavy atom. The van der Waals surface area contributed by atoms with Gasteiger partial charge in [-0.05, 0) is 55.5 Å². The molecule has 4 N–H and O–H groups in total. The number of rotatable bonds is 6. The van der Waals surface area contributed by atoms with Gasteiger partial charge in [-0.1, -0.05) is 24.3 Å². The van der Waals surface area contributed by atoms with E-state index in [9.17, 15) is 4.79 Å². The van der Waals surface area contributed by atoms with E-state index < -0.39 is 0 Å². The van der Waals surface area contributed by atoms with Gasteiger partial charge in [-0.3, -0.25) is 4.79 Å². The first-order chi connectivity index (χ1) is 13.9. The van der Waals surface area contributed by atoms with Gasteiger partial charge in [0, 0.05) is 42.8 Å². The van der Waals surface area contributed by atoms with Crippen LogP contribution in [0.25, 0.3) is 11.3 Å². The molecule has 29 heavy (non-hydrogen) atoms. The first-order valence-electron chi connectivity index (χ1n) is 9.95. The molecule has 4 rings (SSSR count). The molecular weight excluding hydrogens is 362 g/mol. The maximum absolute atomic E-state index is 12.6. The number of nitrogen functional groups attached to an aromatic ring is 1. The molecule has 150 valence electrons. The second kappa shape index (κ2) is 7.72. The van der Waals surface area contributed by atoms with Crippen molar-refractivity contribution in [3.05, 3.63) is 69.6 Å². The van der Waals surface area contributed by atoms with Gasteiger partial charge in [0.1, 0.15) is 0 Å². The molecule has 0 bridgehead atoms. The molecule has 1 aliphatic rings. The molecule has 1 fully saturated rings. The standard InChI is InChI=1S/C23H27N5O/c1-14-5-4-6-19(15(14)2)21-13-28(3)23(29)22(27-21)26-18-8-7-16(20(24)11-18)12-25-17-9-10-17/h4-8,11,13,17,25H,9-10,12,24H2,1-3H3,(H,26,27). The van der Waals surface area contributed by atoms with Gasteiger partial charge in [-0.25, -0.2) is 4.98 Å². The van der Waals surface area contributed by atoms with E-state index in [0.717, 1.165) is 34.6 Å². The Labute approximate surface area is 170 Å². The van der Waals surface area contributed by atoms with Crippen molar-refractivity contribution in [1.29, 1.82) is 0 Å². The summed E-state index contributed by atoms with van der Waals surface area (Å²) in [5, 5.41) is 6.63. The van der Waals surface area contributed by atoms with Gasteiger partial charge >= 0.3 is 0 Å². The van der Waals surface area contributed by atoms with Gasteiger partial charge in [0.25, 0.3) is 5.56 Å². The highest BCUT2D eigenvalue weighted by Gasteiger charge is 2.20. The van der Waals surface area contributed by atoms with E-state index in [-0.39, 0.29) is 11.4 Å². The number of aromatic nitrogens is 2. The fourth-order valence-electron chi connectivity index (χ4n) is 3.36. The Balaban J connectivity index is 1.63. The molecule has 0 saturated heterocycles. The molecule has 6 heteroatoms. The predicted molar refractivity (Wildman–Crippen MR) is 118 cm³/mol. The topological polar surface area (TPSA) is 85.0 Å². The first kappa shape index (κ1) is 19.2. The van der Waals surface area contributed by atoms with Crippen LogP contribution in [-0.4, -0.2) is 15.6 Å². The highest BCUT2D eigenvalue weighted by atomic mass is 16.1. The molecule has 6 nitrogen and oxygen atoms in total. The van der Waals surface area contributed by atoms with Gasteiger partial charge in [-0.2, -0.15) is 0 Å². The van der Waals surface area contributed by atoms with Crippen molar-refractivity contribution < 1.29 is 0 Å². The van der Waals surface area contributed by atoms with E-state index in [0.29, 0.717) is 11.7 Å². The van der Waals surface area contributed by atoms with Crippen LogP contribution in [0.1, 0.15) is 29.5 Å². The average Bonchev–Trinajstić information content (AvgIpc) is 3.51. The van der Waals surface area contributed by atoms with Crippen molar-refractivity contribution in [3.63, 3.8) is 0 Å². The number of anilines is 3. The minimum Gasteiger partial charge on any atom is -0.398 e. The zero-order valence-electron chi connectivity index (χ0n) is 17.1. The van der Waals surface area contributed by atoms with Crippen LogP contribution in [0, 0.1) is 13.8 Å². The Morgan fingerprint density at radius 1 is 1.21 bits per heavy atom. The third-order valence-corrected chi connectivity index (χ3v) is 5.52. The monoisotopic (exact) mass is 389 g/mol. The molecular formula is C23H27N5O. The Kier molecular flexibility index (Phi) is 5.11. The van der Waals surface area contributed by atoms with Crippen molar-refractivity contribution in [3.8, 4) is 11.3 Å². The van der Waals surface area contributed by atoms with Crippen LogP contribution < -0.4 is 21.9 Å². The van der Waals surface area contributed by atoms with E-state index >= 15 is 0 Å². The summed E-state index contributed by atoms with van der Waals surface area (Å²) in [7, 11) is 1.74. The highest BCUT2D eigenvalue weighted by Crippen LogP contribution is 2.26. The highest BCUT2D eigenvalue weighted by molar-refractivity contribution is 5.68. The molecule has 2 aromatic carbocycles. The van der Waals surface area contributed by atoms with E-state index in [1.165, 1.54) is 18.4 Å². The summed E-state index contributed by atoms with van der Waals surface area (Å²) < 4.78 is 1.56. The number of nitrogens with one attached hydrogen (secondary N) is 2. The zero-order valence-corrected chi connectivity index (χ0v) is 17.1. The number of hydrogen-bond donors (Lipinski definition) is 3. The van der Waals surface area contributed by atoms with E-state index in [1.54, 1.807) is 17.8 Å². The molecule has 0 aliphatic heterocycles. The van der Waals surface area contributed by atoms with Crippen LogP contribution in [0.5, 0.6) is 0 Å². The second-order valence-electron chi connectivity index (χ2n) is 7.83. The molecule has 0 radical (unpaired) electrons. The van der Waals surface area contributed by atoms with Crippen LogP contribution in [0.3, 0.4) is 0 Å². The summed E-state index contributed by atoms with van der Waals surface area (Å²) in [6.07, 6.45) is 4.26. The van der Waals surface area contributed by atoms with Crippen LogP contribution in [0.4, 0.5) is 17.2 Å². The van der Waals surface area contributed by atoms with Crippen LogP contribution in [0.2, 0.25) is 0 Å². The smallest absolute Gasteiger partial charge is 0.293 e. The Morgan fingerprint density at radius 2 is 2.00 bits per heavy atom. The summed E-state index contributed by atoms with van der Waals surface area (Å²) in [6.45, 7) is 4.90. The van der Waals surface area contributed by atoms with Crippen molar-refractivity contribution in [2.75, 3.05) is 11.1 Å². The third-order valence-electron chi connectivity index (χ3n) is 5.52. The molecule has 1 saturated carbocycles. The molecule has 0 amide bonds. The predicted octanol–water partition coefficient (Wildman–Crippen LogP) is 3.64. The van der Waals surface area contributed by atoms with E-state index in [2.05, 4.69) is 35.5 Å². The third kappa shape index (κ3) is 4.17. The molecule has 0 unspecified atom stereocenters. The number of hydrogen-bond acceptors (Lipinski definition) is 5. The molecule has 3 aromatic rings. The zero-order chi connectivity index (χ0) is 20.5. The quantitative estimate of drug-likeness (QED) is 0.561. The second-order valence-corrected chi connectivity index (χ2v) is 7.83. The minimum absolute atomic E-state index is 0.183. The lowest BCUT2D eigenvalue weighted by Crippen LogP contribution is -2.21. The van der Waals surface area contributed by atoms with Gasteiger partial charge < -0.3 is 20.9 Å². The Bertz CT molecular complexity index is 1110. The lowest BCUT2D eigenvalue weighted by Gasteiger charge is -2.13. The number of benzene rings is 2. The first-order valence-corrected chi connectivity index (χ1v) is 9.95. The van der Waals surface area contributed by atoms with Gasteiger partial charge in [0.05, 0.1) is 5.69 Å². The molecule has 0 spiro atoms. The van der Waals surface area contributed by atoms with E-state index in [1.807, 2.05) is 30.3 Å². The van der Waals surface area contributed by atoms with Gasteiger partial charge in [0.15, 0.2) is 5.82 Å². The fraction of sp³-hybridized carbons (Fsp3) is 0.304. The molecule has 1 aromatic heterocycles. The summed E-state index contributed by atoms with van der Waals surface area (Å²) in [6, 6.07) is 12.5. The SMILES string of the molecule is Cc1cccc(-c2cn(C)c(=O)c(Nc3ccc(CNC4CC4)c(N)c3)n2)c1C. The normalized spacial score (nSPS) is 13.5. The van der Waals surface area contributed by atoms with Crippen molar-refractivity contribution in [2.45, 2.75) is 39.3 Å².